The number of anilines is 3. The lowest BCUT2D eigenvalue weighted by molar-refractivity contribution is -0.385. The van der Waals surface area contributed by atoms with Gasteiger partial charge in [0.2, 0.25) is 11.0 Å². The largest absolute Gasteiger partial charge is 0.394 e. The number of nitrogens with one attached hydrogen (secondary N) is 2. The molecule has 29 heteroatoms. The fourth-order valence-electron chi connectivity index (χ4n) is 9.89. The van der Waals surface area contributed by atoms with Crippen LogP contribution in [0.4, 0.5) is 41.9 Å². The minimum absolute atomic E-state index is 0.0233. The Morgan fingerprint density at radius 1 is 0.518 bits per heavy atom. The highest BCUT2D eigenvalue weighted by Crippen LogP contribution is 2.36. The SMILES string of the molecule is N#CC1(N)CCCCC1.N#CC1(Nc2nc(-c3cnc4ccc(F)cn34)ncc2N)CCCCC1.N#CC1(Nc2nc(-c3cnc4ccc(F)cn34)ncc2[N+](=O)[O-])CCCCC1.O=[N+]([O-])c1cnc(-c2cnc3ccc(F)cn23)nc1Cl. The van der Waals surface area contributed by atoms with E-state index >= 15 is 0 Å². The lowest BCUT2D eigenvalue weighted by Gasteiger charge is -2.32. The van der Waals surface area contributed by atoms with Crippen LogP contribution in [-0.2, 0) is 0 Å². The normalized spacial score (nSPS) is 15.8. The van der Waals surface area contributed by atoms with Gasteiger partial charge in [-0.25, -0.2) is 58.0 Å². The second-order valence-electron chi connectivity index (χ2n) is 20.1. The van der Waals surface area contributed by atoms with Gasteiger partial charge in [0, 0.05) is 18.6 Å². The third-order valence-electron chi connectivity index (χ3n) is 14.3. The number of hydrogen-bond donors (Lipinski definition) is 4. The molecule has 12 rings (SSSR count). The Hall–Kier alpha value is -9.98. The highest BCUT2D eigenvalue weighted by Gasteiger charge is 2.36. The summed E-state index contributed by atoms with van der Waals surface area (Å²) in [6.45, 7) is 0. The van der Waals surface area contributed by atoms with Gasteiger partial charge in [-0.15, -0.1) is 0 Å². The number of rotatable bonds is 9. The zero-order chi connectivity index (χ0) is 58.9. The van der Waals surface area contributed by atoms with Crippen LogP contribution in [0.25, 0.3) is 51.5 Å². The lowest BCUT2D eigenvalue weighted by atomic mass is 9.83. The predicted octanol–water partition coefficient (Wildman–Crippen LogP) is 10.3. The first-order valence-corrected chi connectivity index (χ1v) is 26.6. The molecular weight excluding hydrogens is 1100 g/mol. The van der Waals surface area contributed by atoms with Crippen molar-refractivity contribution >= 4 is 57.2 Å². The van der Waals surface area contributed by atoms with E-state index in [2.05, 4.69) is 73.7 Å². The average molecular weight is 1150 g/mol. The summed E-state index contributed by atoms with van der Waals surface area (Å²) >= 11 is 5.73. The molecule has 6 N–H and O–H groups in total. The maximum absolute atomic E-state index is 13.6. The van der Waals surface area contributed by atoms with Crippen molar-refractivity contribution in [3.8, 4) is 52.8 Å². The molecule has 3 aliphatic carbocycles. The predicted molar refractivity (Wildman–Crippen MR) is 297 cm³/mol. The van der Waals surface area contributed by atoms with Gasteiger partial charge in [-0.2, -0.15) is 15.8 Å². The molecule has 9 aromatic rings. The molecule has 0 unspecified atom stereocenters. The highest BCUT2D eigenvalue weighted by atomic mass is 35.5. The van der Waals surface area contributed by atoms with Gasteiger partial charge in [-0.05, 0) is 74.9 Å². The van der Waals surface area contributed by atoms with Gasteiger partial charge >= 0.3 is 11.4 Å². The van der Waals surface area contributed by atoms with Gasteiger partial charge in [0.1, 0.15) is 80.5 Å². The molecule has 9 aromatic heterocycles. The van der Waals surface area contributed by atoms with Crippen molar-refractivity contribution in [3.63, 3.8) is 0 Å². The second-order valence-corrected chi connectivity index (χ2v) is 20.4. The smallest absolute Gasteiger partial charge is 0.329 e. The Balaban J connectivity index is 0.000000140. The van der Waals surface area contributed by atoms with Crippen molar-refractivity contribution in [1.82, 2.24) is 58.1 Å². The van der Waals surface area contributed by atoms with E-state index in [4.69, 9.17) is 28.3 Å². The highest BCUT2D eigenvalue weighted by molar-refractivity contribution is 6.31. The van der Waals surface area contributed by atoms with E-state index in [1.165, 1.54) is 82.7 Å². The first-order chi connectivity index (χ1) is 39.9. The third kappa shape index (κ3) is 13.1. The van der Waals surface area contributed by atoms with Crippen molar-refractivity contribution in [1.29, 1.82) is 15.8 Å². The molecule has 0 amide bonds. The van der Waals surface area contributed by atoms with Crippen LogP contribution < -0.4 is 22.1 Å². The molecule has 0 radical (unpaired) electrons. The Morgan fingerprint density at radius 3 is 1.28 bits per heavy atom. The molecule has 0 aliphatic heterocycles. The summed E-state index contributed by atoms with van der Waals surface area (Å²) in [5.74, 6) is -0.259. The summed E-state index contributed by atoms with van der Waals surface area (Å²) in [6.07, 6.45) is 25.7. The van der Waals surface area contributed by atoms with E-state index in [0.29, 0.717) is 64.2 Å². The Kier molecular flexibility index (Phi) is 17.2. The quantitative estimate of drug-likeness (QED) is 0.0592. The summed E-state index contributed by atoms with van der Waals surface area (Å²) in [5.41, 5.74) is 12.3. The summed E-state index contributed by atoms with van der Waals surface area (Å²) in [6, 6.07) is 15.3. The van der Waals surface area contributed by atoms with Crippen molar-refractivity contribution < 1.29 is 23.0 Å². The van der Waals surface area contributed by atoms with Gasteiger partial charge in [-0.1, -0.05) is 69.4 Å². The molecule has 83 heavy (non-hydrogen) atoms. The van der Waals surface area contributed by atoms with Crippen molar-refractivity contribution in [2.24, 2.45) is 5.73 Å². The molecule has 3 aliphatic rings. The third-order valence-corrected chi connectivity index (χ3v) is 14.6. The molecular formula is C54H51ClF3N21O4. The lowest BCUT2D eigenvalue weighted by Crippen LogP contribution is -2.39. The number of imidazole rings is 3. The molecule has 9 heterocycles. The summed E-state index contributed by atoms with van der Waals surface area (Å²) in [4.78, 5) is 58.2. The van der Waals surface area contributed by atoms with Crippen molar-refractivity contribution in [3.05, 3.63) is 135 Å². The molecule has 0 spiro atoms. The molecule has 0 bridgehead atoms. The molecule has 0 aromatic carbocycles. The number of nitrogen functional groups attached to an aromatic ring is 1. The number of nitriles is 3. The number of nitrogens with two attached hydrogens (primary N) is 2. The van der Waals surface area contributed by atoms with E-state index in [9.17, 15) is 43.9 Å². The molecule has 3 saturated carbocycles. The minimum Gasteiger partial charge on any atom is -0.394 e. The molecule has 0 saturated heterocycles. The molecule has 3 fully saturated rings. The number of aromatic nitrogens is 12. The minimum atomic E-state index is -0.903. The van der Waals surface area contributed by atoms with Crippen LogP contribution in [0.5, 0.6) is 0 Å². The van der Waals surface area contributed by atoms with Crippen LogP contribution in [0, 0.1) is 71.7 Å². The van der Waals surface area contributed by atoms with Gasteiger partial charge in [0.25, 0.3) is 0 Å². The zero-order valence-corrected chi connectivity index (χ0v) is 44.9. The van der Waals surface area contributed by atoms with E-state index in [-0.39, 0.29) is 34.1 Å². The number of fused-ring (bicyclic) bond motifs is 3. The standard InChI is InChI=1S/C18H16FN7O2.C18H18FN7.C11H5ClFN5O2.C7H12N2/c19-12-4-5-15-21-8-13(25(15)10-12)16-22-9-14(26(27)28)17(23-16)24-18(11-20)6-2-1-3-7-18;19-12-4-5-15-22-9-14(26(15)10-12)17-23-8-13(21)16(24-17)25-18(11-20)6-2-1-3-7-18;12-10-7(18(19)20)3-15-11(16-10)8-4-14-9-2-1-6(13)5-17(8)9;8-6-7(9)4-2-1-3-5-7/h4-5,8-10H,1-3,6-7H2,(H,22,23,24);4-5,8-10H,1-3,6-7,21H2,(H,23,24,25);1-5H;1-5,9H2. The first kappa shape index (κ1) is 57.7. The fourth-order valence-corrected chi connectivity index (χ4v) is 10.1. The Morgan fingerprint density at radius 2 is 0.892 bits per heavy atom. The molecule has 424 valence electrons. The van der Waals surface area contributed by atoms with Crippen molar-refractivity contribution in [2.45, 2.75) is 113 Å². The number of nitro groups is 2. The first-order valence-electron chi connectivity index (χ1n) is 26.2. The van der Waals surface area contributed by atoms with Crippen LogP contribution in [0.1, 0.15) is 96.3 Å². The monoisotopic (exact) mass is 1150 g/mol. The van der Waals surface area contributed by atoms with Crippen LogP contribution in [0.3, 0.4) is 0 Å². The van der Waals surface area contributed by atoms with Crippen LogP contribution >= 0.6 is 11.6 Å². The molecule has 25 nitrogen and oxygen atoms in total. The summed E-state index contributed by atoms with van der Waals surface area (Å²) in [5, 5.41) is 56.0. The van der Waals surface area contributed by atoms with Crippen molar-refractivity contribution in [2.75, 3.05) is 16.4 Å². The van der Waals surface area contributed by atoms with Gasteiger partial charge in [0.05, 0.1) is 58.5 Å². The van der Waals surface area contributed by atoms with Gasteiger partial charge < -0.3 is 22.1 Å². The van der Waals surface area contributed by atoms with E-state index in [1.54, 1.807) is 16.7 Å². The van der Waals surface area contributed by atoms with E-state index < -0.39 is 43.8 Å². The zero-order valence-electron chi connectivity index (χ0n) is 44.2. The Bertz CT molecular complexity index is 4000. The summed E-state index contributed by atoms with van der Waals surface area (Å²) in [7, 11) is 0. The van der Waals surface area contributed by atoms with E-state index in [1.807, 2.05) is 0 Å². The molecule has 0 atom stereocenters. The van der Waals surface area contributed by atoms with Gasteiger partial charge in [0.15, 0.2) is 23.3 Å². The maximum atomic E-state index is 13.6. The van der Waals surface area contributed by atoms with Gasteiger partial charge in [-0.3, -0.25) is 33.4 Å². The second kappa shape index (κ2) is 24.8. The topological polar surface area (TPSA) is 363 Å². The number of halogens is 4. The fraction of sp³-hybridized carbons (Fsp3) is 0.333. The van der Waals surface area contributed by atoms with Crippen LogP contribution in [0.15, 0.2) is 92.2 Å². The van der Waals surface area contributed by atoms with E-state index in [0.717, 1.165) is 89.4 Å². The summed E-state index contributed by atoms with van der Waals surface area (Å²) < 4.78 is 45.0. The number of hydrogen-bond acceptors (Lipinski definition) is 20. The van der Waals surface area contributed by atoms with Crippen LogP contribution in [0.2, 0.25) is 5.15 Å². The Labute approximate surface area is 475 Å². The number of pyridine rings is 3. The average Bonchev–Trinajstić information content (AvgIpc) is 4.44. The maximum Gasteiger partial charge on any atom is 0.329 e. The number of nitrogens with zero attached hydrogens (tertiary/aromatic N) is 17. The van der Waals surface area contributed by atoms with Crippen LogP contribution in [-0.4, -0.2) is 84.5 Å².